The Balaban J connectivity index is 2.27. The van der Waals surface area contributed by atoms with E-state index in [0.29, 0.717) is 4.47 Å². The first-order valence-electron chi connectivity index (χ1n) is 6.55. The fraction of sp³-hybridized carbons (Fsp3) is 0.0625. The number of carbonyl (C=O) groups is 1. The van der Waals surface area contributed by atoms with Crippen LogP contribution in [0.5, 0.6) is 0 Å². The molecule has 0 spiro atoms. The second-order valence-corrected chi connectivity index (χ2v) is 7.02. The van der Waals surface area contributed by atoms with E-state index in [9.17, 15) is 13.2 Å². The number of anilines is 1. The topological polar surface area (TPSA) is 72.5 Å². The molecular weight excluding hydrogens is 382 g/mol. The smallest absolute Gasteiger partial charge is 0.340 e. The van der Waals surface area contributed by atoms with E-state index in [4.69, 9.17) is 0 Å². The summed E-state index contributed by atoms with van der Waals surface area (Å²) in [5.74, 6) is -0.629. The highest BCUT2D eigenvalue weighted by Gasteiger charge is 2.16. The van der Waals surface area contributed by atoms with Crippen molar-refractivity contribution in [3.05, 3.63) is 69.5 Å². The zero-order valence-corrected chi connectivity index (χ0v) is 14.6. The van der Waals surface area contributed by atoms with E-state index in [2.05, 4.69) is 25.4 Å². The maximum atomic E-state index is 12.2. The molecule has 0 fully saturated rings. The van der Waals surface area contributed by atoms with Gasteiger partial charge in [0.05, 0.1) is 23.8 Å². The number of hydrogen-bond donors (Lipinski definition) is 1. The van der Waals surface area contributed by atoms with Gasteiger partial charge < -0.3 is 4.74 Å². The van der Waals surface area contributed by atoms with Crippen molar-refractivity contribution in [3.8, 4) is 0 Å². The minimum Gasteiger partial charge on any atom is -0.465 e. The maximum absolute atomic E-state index is 12.2. The van der Waals surface area contributed by atoms with Gasteiger partial charge in [0.1, 0.15) is 0 Å². The number of nitrogens with one attached hydrogen (secondary N) is 1. The fourth-order valence-electron chi connectivity index (χ4n) is 1.80. The number of ether oxygens (including phenoxy) is 1. The van der Waals surface area contributed by atoms with E-state index in [1.54, 1.807) is 18.2 Å². The molecule has 2 rings (SSSR count). The van der Waals surface area contributed by atoms with Gasteiger partial charge in [0.15, 0.2) is 0 Å². The SMILES string of the molecule is COC(=O)c1cc(Br)ccc1NS(=O)(=O)/C=C/c1ccccc1. The molecule has 0 radical (unpaired) electrons. The molecule has 0 heterocycles. The molecule has 120 valence electrons. The zero-order chi connectivity index (χ0) is 16.9. The van der Waals surface area contributed by atoms with Gasteiger partial charge in [-0.15, -0.1) is 0 Å². The molecule has 0 atom stereocenters. The predicted molar refractivity (Wildman–Crippen MR) is 93.5 cm³/mol. The van der Waals surface area contributed by atoms with Crippen LogP contribution in [-0.2, 0) is 14.8 Å². The Morgan fingerprint density at radius 2 is 1.87 bits per heavy atom. The quantitative estimate of drug-likeness (QED) is 0.784. The van der Waals surface area contributed by atoms with Crippen LogP contribution in [0.2, 0.25) is 0 Å². The van der Waals surface area contributed by atoms with Gasteiger partial charge in [-0.05, 0) is 29.8 Å². The average molecular weight is 396 g/mol. The van der Waals surface area contributed by atoms with Crippen molar-refractivity contribution in [2.24, 2.45) is 0 Å². The van der Waals surface area contributed by atoms with Crippen molar-refractivity contribution in [2.45, 2.75) is 0 Å². The van der Waals surface area contributed by atoms with Crippen LogP contribution in [-0.4, -0.2) is 21.5 Å². The van der Waals surface area contributed by atoms with Crippen LogP contribution in [0.3, 0.4) is 0 Å². The number of esters is 1. The van der Waals surface area contributed by atoms with Crippen LogP contribution in [0, 0.1) is 0 Å². The highest BCUT2D eigenvalue weighted by molar-refractivity contribution is 9.10. The summed E-state index contributed by atoms with van der Waals surface area (Å²) in [6.07, 6.45) is 1.47. The molecule has 0 aliphatic rings. The van der Waals surface area contributed by atoms with Gasteiger partial charge in [-0.1, -0.05) is 46.3 Å². The van der Waals surface area contributed by atoms with Crippen molar-refractivity contribution in [2.75, 3.05) is 11.8 Å². The Morgan fingerprint density at radius 3 is 2.52 bits per heavy atom. The van der Waals surface area contributed by atoms with Crippen molar-refractivity contribution < 1.29 is 17.9 Å². The average Bonchev–Trinajstić information content (AvgIpc) is 2.55. The lowest BCUT2D eigenvalue weighted by molar-refractivity contribution is 0.0602. The molecule has 23 heavy (non-hydrogen) atoms. The van der Waals surface area contributed by atoms with Gasteiger partial charge in [-0.3, -0.25) is 4.72 Å². The maximum Gasteiger partial charge on any atom is 0.340 e. The summed E-state index contributed by atoms with van der Waals surface area (Å²) in [6, 6.07) is 13.6. The summed E-state index contributed by atoms with van der Waals surface area (Å²) in [4.78, 5) is 11.8. The summed E-state index contributed by atoms with van der Waals surface area (Å²) in [7, 11) is -2.53. The number of hydrogen-bond acceptors (Lipinski definition) is 4. The second kappa shape index (κ2) is 7.43. The lowest BCUT2D eigenvalue weighted by Gasteiger charge is -2.10. The summed E-state index contributed by atoms with van der Waals surface area (Å²) in [6.45, 7) is 0. The third-order valence-electron chi connectivity index (χ3n) is 2.88. The molecule has 0 saturated heterocycles. The van der Waals surface area contributed by atoms with E-state index in [1.807, 2.05) is 18.2 Å². The number of benzene rings is 2. The molecule has 0 saturated carbocycles. The molecule has 0 aliphatic heterocycles. The molecule has 5 nitrogen and oxygen atoms in total. The number of sulfonamides is 1. The molecule has 0 amide bonds. The van der Waals surface area contributed by atoms with Crippen LogP contribution in [0.4, 0.5) is 5.69 Å². The van der Waals surface area contributed by atoms with Crippen molar-refractivity contribution in [1.82, 2.24) is 0 Å². The summed E-state index contributed by atoms with van der Waals surface area (Å²) >= 11 is 3.24. The molecule has 0 unspecified atom stereocenters. The second-order valence-electron chi connectivity index (χ2n) is 4.54. The first kappa shape index (κ1) is 17.2. The molecule has 2 aromatic carbocycles. The van der Waals surface area contributed by atoms with E-state index < -0.39 is 16.0 Å². The molecule has 1 N–H and O–H groups in total. The van der Waals surface area contributed by atoms with E-state index in [-0.39, 0.29) is 11.3 Å². The van der Waals surface area contributed by atoms with E-state index in [1.165, 1.54) is 25.3 Å². The first-order chi connectivity index (χ1) is 10.9. The third kappa shape index (κ3) is 4.94. The molecule has 7 heteroatoms. The minimum absolute atomic E-state index is 0.124. The van der Waals surface area contributed by atoms with Gasteiger partial charge in [0.2, 0.25) is 0 Å². The van der Waals surface area contributed by atoms with Gasteiger partial charge >= 0.3 is 5.97 Å². The van der Waals surface area contributed by atoms with Crippen LogP contribution >= 0.6 is 15.9 Å². The molecule has 0 aliphatic carbocycles. The molecule has 0 bridgehead atoms. The van der Waals surface area contributed by atoms with Gasteiger partial charge in [0, 0.05) is 4.47 Å². The first-order valence-corrected chi connectivity index (χ1v) is 8.89. The van der Waals surface area contributed by atoms with E-state index >= 15 is 0 Å². The molecular formula is C16H14BrNO4S. The lowest BCUT2D eigenvalue weighted by atomic mass is 10.2. The number of carbonyl (C=O) groups excluding carboxylic acids is 1. The summed E-state index contributed by atoms with van der Waals surface area (Å²) in [5, 5.41) is 1.05. The van der Waals surface area contributed by atoms with Crippen LogP contribution in [0.25, 0.3) is 6.08 Å². The van der Waals surface area contributed by atoms with Crippen molar-refractivity contribution >= 4 is 43.7 Å². The Kier molecular flexibility index (Phi) is 5.57. The Labute approximate surface area is 143 Å². The highest BCUT2D eigenvalue weighted by Crippen LogP contribution is 2.23. The standard InChI is InChI=1S/C16H14BrNO4S/c1-22-16(19)14-11-13(17)7-8-15(14)18-23(20,21)10-9-12-5-3-2-4-6-12/h2-11,18H,1H3/b10-9+. The van der Waals surface area contributed by atoms with Gasteiger partial charge in [-0.25, -0.2) is 13.2 Å². The largest absolute Gasteiger partial charge is 0.465 e. The number of methoxy groups -OCH3 is 1. The van der Waals surface area contributed by atoms with Crippen LogP contribution < -0.4 is 4.72 Å². The molecule has 2 aromatic rings. The van der Waals surface area contributed by atoms with Crippen LogP contribution in [0.1, 0.15) is 15.9 Å². The Hall–Kier alpha value is -2.12. The fourth-order valence-corrected chi connectivity index (χ4v) is 3.05. The molecule has 0 aromatic heterocycles. The highest BCUT2D eigenvalue weighted by atomic mass is 79.9. The Bertz CT molecular complexity index is 832. The minimum atomic E-state index is -3.76. The predicted octanol–water partition coefficient (Wildman–Crippen LogP) is 3.65. The third-order valence-corrected chi connectivity index (χ3v) is 4.37. The Morgan fingerprint density at radius 1 is 1.17 bits per heavy atom. The van der Waals surface area contributed by atoms with Gasteiger partial charge in [-0.2, -0.15) is 0 Å². The number of halogens is 1. The van der Waals surface area contributed by atoms with Gasteiger partial charge in [0.25, 0.3) is 10.0 Å². The van der Waals surface area contributed by atoms with Crippen molar-refractivity contribution in [1.29, 1.82) is 0 Å². The summed E-state index contributed by atoms with van der Waals surface area (Å²) < 4.78 is 32.0. The zero-order valence-electron chi connectivity index (χ0n) is 12.2. The monoisotopic (exact) mass is 395 g/mol. The normalized spacial score (nSPS) is 11.4. The summed E-state index contributed by atoms with van der Waals surface area (Å²) in [5.41, 5.74) is 1.03. The van der Waals surface area contributed by atoms with E-state index in [0.717, 1.165) is 11.0 Å². The number of rotatable bonds is 5. The van der Waals surface area contributed by atoms with Crippen molar-refractivity contribution in [3.63, 3.8) is 0 Å². The lowest BCUT2D eigenvalue weighted by Crippen LogP contribution is -2.13. The van der Waals surface area contributed by atoms with Crippen LogP contribution in [0.15, 0.2) is 58.4 Å².